The van der Waals surface area contributed by atoms with Crippen LogP contribution in [0.15, 0.2) is 0 Å². The zero-order valence-electron chi connectivity index (χ0n) is 11.8. The summed E-state index contributed by atoms with van der Waals surface area (Å²) in [4.78, 5) is 2.52. The Bertz CT molecular complexity index is 204. The third-order valence-electron chi connectivity index (χ3n) is 4.16. The fourth-order valence-corrected chi connectivity index (χ4v) is 2.78. The summed E-state index contributed by atoms with van der Waals surface area (Å²) in [6.07, 6.45) is 6.74. The van der Waals surface area contributed by atoms with Crippen LogP contribution in [0, 0.1) is 5.92 Å². The molecule has 1 rings (SSSR count). The van der Waals surface area contributed by atoms with Gasteiger partial charge in [-0.05, 0) is 52.2 Å². The first-order valence-corrected chi connectivity index (χ1v) is 7.15. The quantitative estimate of drug-likeness (QED) is 0.746. The van der Waals surface area contributed by atoms with E-state index in [1.54, 1.807) is 0 Å². The maximum Gasteiger partial charge on any atom is 0.0623 e. The van der Waals surface area contributed by atoms with Gasteiger partial charge in [-0.2, -0.15) is 0 Å². The minimum Gasteiger partial charge on any atom is -0.394 e. The van der Waals surface area contributed by atoms with Crippen molar-refractivity contribution in [2.45, 2.75) is 51.5 Å². The lowest BCUT2D eigenvalue weighted by Gasteiger charge is -2.33. The minimum absolute atomic E-state index is 0.148. The van der Waals surface area contributed by atoms with Crippen molar-refractivity contribution in [3.63, 3.8) is 0 Å². The Balaban J connectivity index is 2.40. The molecule has 2 atom stereocenters. The lowest BCUT2D eigenvalue weighted by atomic mass is 9.96. The first-order valence-electron chi connectivity index (χ1n) is 7.15. The summed E-state index contributed by atoms with van der Waals surface area (Å²) in [5.74, 6) is 0.931. The van der Waals surface area contributed by atoms with Gasteiger partial charge in [0.05, 0.1) is 12.1 Å². The predicted octanol–water partition coefficient (Wildman–Crippen LogP) is 1.86. The molecule has 1 fully saturated rings. The molecule has 0 spiro atoms. The largest absolute Gasteiger partial charge is 0.394 e. The average Bonchev–Trinajstić information content (AvgIpc) is 2.55. The fourth-order valence-electron chi connectivity index (χ4n) is 2.78. The smallest absolute Gasteiger partial charge is 0.0623 e. The number of rotatable bonds is 6. The highest BCUT2D eigenvalue weighted by molar-refractivity contribution is 4.85. The molecule has 1 aliphatic rings. The Morgan fingerprint density at radius 2 is 2.12 bits per heavy atom. The summed E-state index contributed by atoms with van der Waals surface area (Å²) in [7, 11) is 1.94. The van der Waals surface area contributed by atoms with Gasteiger partial charge in [0.2, 0.25) is 0 Å². The molecule has 17 heavy (non-hydrogen) atoms. The number of aliphatic hydroxyl groups is 1. The number of likely N-dealkylation sites (N-methyl/N-ethyl adjacent to an activating group) is 1. The van der Waals surface area contributed by atoms with Crippen LogP contribution in [-0.2, 0) is 0 Å². The van der Waals surface area contributed by atoms with Crippen LogP contribution >= 0.6 is 0 Å². The zero-order valence-corrected chi connectivity index (χ0v) is 11.8. The standard InChI is InChI=1S/C14H30N2O/c1-4-6-13-7-5-9-16(10-8-13)11-14(2,12-17)15-3/h13,15,17H,4-12H2,1-3H3. The third kappa shape index (κ3) is 4.94. The number of nitrogens with zero attached hydrogens (tertiary/aromatic N) is 1. The van der Waals surface area contributed by atoms with Crippen LogP contribution in [0.4, 0.5) is 0 Å². The third-order valence-corrected chi connectivity index (χ3v) is 4.16. The Labute approximate surface area is 107 Å². The van der Waals surface area contributed by atoms with Crippen LogP contribution in [-0.4, -0.2) is 48.8 Å². The zero-order chi connectivity index (χ0) is 12.7. The van der Waals surface area contributed by atoms with E-state index in [0.29, 0.717) is 0 Å². The summed E-state index contributed by atoms with van der Waals surface area (Å²) in [5.41, 5.74) is -0.148. The monoisotopic (exact) mass is 242 g/mol. The average molecular weight is 242 g/mol. The Morgan fingerprint density at radius 1 is 1.35 bits per heavy atom. The van der Waals surface area contributed by atoms with Gasteiger partial charge in [-0.1, -0.05) is 19.8 Å². The number of nitrogens with one attached hydrogen (secondary N) is 1. The molecule has 1 saturated heterocycles. The van der Waals surface area contributed by atoms with Gasteiger partial charge in [-0.25, -0.2) is 0 Å². The van der Waals surface area contributed by atoms with Crippen LogP contribution in [0.2, 0.25) is 0 Å². The van der Waals surface area contributed by atoms with Gasteiger partial charge in [0, 0.05) is 6.54 Å². The molecule has 0 saturated carbocycles. The van der Waals surface area contributed by atoms with Crippen molar-refractivity contribution in [1.29, 1.82) is 0 Å². The second-order valence-electron chi connectivity index (χ2n) is 5.83. The minimum atomic E-state index is -0.148. The van der Waals surface area contributed by atoms with Crippen molar-refractivity contribution >= 4 is 0 Å². The van der Waals surface area contributed by atoms with E-state index >= 15 is 0 Å². The first-order chi connectivity index (χ1) is 8.13. The van der Waals surface area contributed by atoms with Crippen molar-refractivity contribution in [1.82, 2.24) is 10.2 Å². The van der Waals surface area contributed by atoms with E-state index in [-0.39, 0.29) is 12.1 Å². The molecule has 0 aromatic heterocycles. The normalized spacial score (nSPS) is 26.5. The first kappa shape index (κ1) is 14.9. The van der Waals surface area contributed by atoms with Crippen LogP contribution < -0.4 is 5.32 Å². The molecule has 2 N–H and O–H groups in total. The summed E-state index contributed by atoms with van der Waals surface area (Å²) >= 11 is 0. The van der Waals surface area contributed by atoms with Gasteiger partial charge < -0.3 is 15.3 Å². The van der Waals surface area contributed by atoms with Gasteiger partial charge in [0.25, 0.3) is 0 Å². The van der Waals surface area contributed by atoms with Crippen molar-refractivity contribution in [3.05, 3.63) is 0 Å². The summed E-state index contributed by atoms with van der Waals surface area (Å²) < 4.78 is 0. The summed E-state index contributed by atoms with van der Waals surface area (Å²) in [6.45, 7) is 7.94. The topological polar surface area (TPSA) is 35.5 Å². The van der Waals surface area contributed by atoms with Gasteiger partial charge in [-0.15, -0.1) is 0 Å². The highest BCUT2D eigenvalue weighted by Crippen LogP contribution is 2.22. The molecule has 0 aliphatic carbocycles. The molecule has 1 heterocycles. The molecule has 0 amide bonds. The molecule has 0 bridgehead atoms. The molecule has 3 heteroatoms. The Kier molecular flexibility index (Phi) is 6.45. The van der Waals surface area contributed by atoms with Gasteiger partial charge >= 0.3 is 0 Å². The maximum absolute atomic E-state index is 9.43. The predicted molar refractivity (Wildman–Crippen MR) is 73.2 cm³/mol. The SMILES string of the molecule is CCCC1CCCN(CC(C)(CO)NC)CC1. The van der Waals surface area contributed by atoms with E-state index in [1.807, 2.05) is 7.05 Å². The lowest BCUT2D eigenvalue weighted by molar-refractivity contribution is 0.127. The summed E-state index contributed by atoms with van der Waals surface area (Å²) in [6, 6.07) is 0. The van der Waals surface area contributed by atoms with Crippen LogP contribution in [0.3, 0.4) is 0 Å². The lowest BCUT2D eigenvalue weighted by Crippen LogP contribution is -2.52. The number of hydrogen-bond acceptors (Lipinski definition) is 3. The van der Waals surface area contributed by atoms with E-state index in [2.05, 4.69) is 24.1 Å². The maximum atomic E-state index is 9.43. The highest BCUT2D eigenvalue weighted by Gasteiger charge is 2.25. The van der Waals surface area contributed by atoms with Gasteiger partial charge in [-0.3, -0.25) is 0 Å². The molecular formula is C14H30N2O. The fraction of sp³-hybridized carbons (Fsp3) is 1.00. The van der Waals surface area contributed by atoms with E-state index in [4.69, 9.17) is 0 Å². The van der Waals surface area contributed by atoms with E-state index < -0.39 is 0 Å². The van der Waals surface area contributed by atoms with Crippen LogP contribution in [0.1, 0.15) is 46.0 Å². The van der Waals surface area contributed by atoms with Crippen LogP contribution in [0.25, 0.3) is 0 Å². The van der Waals surface area contributed by atoms with Crippen LogP contribution in [0.5, 0.6) is 0 Å². The van der Waals surface area contributed by atoms with Crippen molar-refractivity contribution < 1.29 is 5.11 Å². The molecule has 0 aromatic rings. The number of hydrogen-bond donors (Lipinski definition) is 2. The molecule has 0 aromatic carbocycles. The van der Waals surface area contributed by atoms with E-state index in [0.717, 1.165) is 12.5 Å². The molecular weight excluding hydrogens is 212 g/mol. The second kappa shape index (κ2) is 7.34. The molecule has 0 radical (unpaired) electrons. The highest BCUT2D eigenvalue weighted by atomic mass is 16.3. The van der Waals surface area contributed by atoms with Gasteiger partial charge in [0.1, 0.15) is 0 Å². The molecule has 102 valence electrons. The summed E-state index contributed by atoms with van der Waals surface area (Å²) in [5, 5.41) is 12.7. The van der Waals surface area contributed by atoms with Crippen molar-refractivity contribution in [2.75, 3.05) is 33.3 Å². The van der Waals surface area contributed by atoms with Crippen molar-refractivity contribution in [2.24, 2.45) is 5.92 Å². The molecule has 1 aliphatic heterocycles. The molecule has 2 unspecified atom stereocenters. The second-order valence-corrected chi connectivity index (χ2v) is 5.83. The van der Waals surface area contributed by atoms with E-state index in [9.17, 15) is 5.11 Å². The number of aliphatic hydroxyl groups excluding tert-OH is 1. The van der Waals surface area contributed by atoms with E-state index in [1.165, 1.54) is 45.2 Å². The molecule has 3 nitrogen and oxygen atoms in total. The number of likely N-dealkylation sites (tertiary alicyclic amines) is 1. The Morgan fingerprint density at radius 3 is 2.71 bits per heavy atom. The van der Waals surface area contributed by atoms with Crippen molar-refractivity contribution in [3.8, 4) is 0 Å². The van der Waals surface area contributed by atoms with Gasteiger partial charge in [0.15, 0.2) is 0 Å². The Hall–Kier alpha value is -0.120.